The maximum absolute atomic E-state index is 11.1. The Kier molecular flexibility index (Phi) is 3.06. The number of anilines is 1. The highest BCUT2D eigenvalue weighted by atomic mass is 16.4. The highest BCUT2D eigenvalue weighted by molar-refractivity contribution is 5.95. The largest absolute Gasteiger partial charge is 0.478 e. The third-order valence-electron chi connectivity index (χ3n) is 2.91. The van der Waals surface area contributed by atoms with Crippen molar-refractivity contribution in [2.24, 2.45) is 0 Å². The molecular formula is C13H15N3O2. The molecule has 5 heteroatoms. The van der Waals surface area contributed by atoms with E-state index in [1.807, 2.05) is 23.8 Å². The molecule has 0 aliphatic heterocycles. The molecule has 18 heavy (non-hydrogen) atoms. The highest BCUT2D eigenvalue weighted by Crippen LogP contribution is 2.23. The molecule has 5 nitrogen and oxygen atoms in total. The number of carbonyl (C=O) groups is 1. The first-order chi connectivity index (χ1) is 8.54. The summed E-state index contributed by atoms with van der Waals surface area (Å²) in [5.74, 6) is -0.133. The Balaban J connectivity index is 2.63. The molecule has 0 amide bonds. The summed E-state index contributed by atoms with van der Waals surface area (Å²) in [6.45, 7) is 3.80. The Bertz CT molecular complexity index is 602. The summed E-state index contributed by atoms with van der Waals surface area (Å²) < 4.78 is 1.87. The van der Waals surface area contributed by atoms with Crippen LogP contribution in [-0.2, 0) is 6.42 Å². The maximum Gasteiger partial charge on any atom is 0.337 e. The molecule has 0 saturated heterocycles. The lowest BCUT2D eigenvalue weighted by atomic mass is 10.1. The molecule has 94 valence electrons. The molecule has 1 aromatic heterocycles. The molecule has 0 saturated carbocycles. The molecule has 0 fully saturated rings. The molecule has 0 aliphatic rings. The zero-order valence-corrected chi connectivity index (χ0v) is 10.3. The van der Waals surface area contributed by atoms with Crippen LogP contribution in [0.5, 0.6) is 0 Å². The fourth-order valence-corrected chi connectivity index (χ4v) is 1.93. The first-order valence-electron chi connectivity index (χ1n) is 5.70. The van der Waals surface area contributed by atoms with E-state index in [0.717, 1.165) is 23.5 Å². The predicted molar refractivity (Wildman–Crippen MR) is 69.1 cm³/mol. The van der Waals surface area contributed by atoms with Gasteiger partial charge in [0.15, 0.2) is 0 Å². The molecule has 1 aromatic carbocycles. The number of hydrogen-bond acceptors (Lipinski definition) is 3. The number of hydrogen-bond donors (Lipinski definition) is 2. The summed E-state index contributed by atoms with van der Waals surface area (Å²) in [6.07, 6.45) is 4.29. The Morgan fingerprint density at radius 1 is 1.50 bits per heavy atom. The van der Waals surface area contributed by atoms with Crippen LogP contribution >= 0.6 is 0 Å². The van der Waals surface area contributed by atoms with E-state index in [0.29, 0.717) is 5.69 Å². The average molecular weight is 245 g/mol. The summed E-state index contributed by atoms with van der Waals surface area (Å²) >= 11 is 0. The number of aryl methyl sites for hydroxylation is 2. The minimum absolute atomic E-state index is 0.126. The third-order valence-corrected chi connectivity index (χ3v) is 2.91. The van der Waals surface area contributed by atoms with Gasteiger partial charge in [0, 0.05) is 30.2 Å². The molecular weight excluding hydrogens is 230 g/mol. The third kappa shape index (κ3) is 1.95. The SMILES string of the molecule is CCc1nccn1-c1cc(C)c(N)c(C(=O)O)c1. The van der Waals surface area contributed by atoms with Crippen molar-refractivity contribution >= 4 is 11.7 Å². The van der Waals surface area contributed by atoms with Crippen molar-refractivity contribution in [1.29, 1.82) is 0 Å². The Morgan fingerprint density at radius 2 is 2.22 bits per heavy atom. The fourth-order valence-electron chi connectivity index (χ4n) is 1.93. The molecule has 2 rings (SSSR count). The zero-order chi connectivity index (χ0) is 13.3. The summed E-state index contributed by atoms with van der Waals surface area (Å²) in [4.78, 5) is 15.4. The molecule has 0 radical (unpaired) electrons. The Morgan fingerprint density at radius 3 is 2.83 bits per heavy atom. The minimum Gasteiger partial charge on any atom is -0.478 e. The average Bonchev–Trinajstić information content (AvgIpc) is 2.80. The number of nitrogen functional groups attached to an aromatic ring is 1. The first kappa shape index (κ1) is 12.2. The van der Waals surface area contributed by atoms with Crippen molar-refractivity contribution in [3.05, 3.63) is 41.5 Å². The summed E-state index contributed by atoms with van der Waals surface area (Å²) in [5.41, 5.74) is 7.73. The molecule has 0 aliphatic carbocycles. The molecule has 2 aromatic rings. The first-order valence-corrected chi connectivity index (χ1v) is 5.70. The Hall–Kier alpha value is -2.30. The van der Waals surface area contributed by atoms with Gasteiger partial charge in [-0.3, -0.25) is 0 Å². The van der Waals surface area contributed by atoms with Gasteiger partial charge in [-0.2, -0.15) is 0 Å². The van der Waals surface area contributed by atoms with Gasteiger partial charge in [0.1, 0.15) is 5.82 Å². The van der Waals surface area contributed by atoms with Crippen LogP contribution in [0.3, 0.4) is 0 Å². The van der Waals surface area contributed by atoms with Gasteiger partial charge in [-0.25, -0.2) is 9.78 Å². The van der Waals surface area contributed by atoms with Crippen LogP contribution in [0.4, 0.5) is 5.69 Å². The van der Waals surface area contributed by atoms with E-state index < -0.39 is 5.97 Å². The summed E-state index contributed by atoms with van der Waals surface area (Å²) in [5, 5.41) is 9.13. The quantitative estimate of drug-likeness (QED) is 0.810. The van der Waals surface area contributed by atoms with Crippen LogP contribution in [0.25, 0.3) is 5.69 Å². The highest BCUT2D eigenvalue weighted by Gasteiger charge is 2.13. The van der Waals surface area contributed by atoms with E-state index in [4.69, 9.17) is 10.8 Å². The number of carboxylic acids is 1. The van der Waals surface area contributed by atoms with Crippen molar-refractivity contribution < 1.29 is 9.90 Å². The van der Waals surface area contributed by atoms with Gasteiger partial charge in [0.05, 0.1) is 5.56 Å². The number of nitrogens with zero attached hydrogens (tertiary/aromatic N) is 2. The lowest BCUT2D eigenvalue weighted by Gasteiger charge is -2.11. The van der Waals surface area contributed by atoms with Gasteiger partial charge >= 0.3 is 5.97 Å². The van der Waals surface area contributed by atoms with Crippen molar-refractivity contribution in [2.45, 2.75) is 20.3 Å². The van der Waals surface area contributed by atoms with Crippen LogP contribution in [0.2, 0.25) is 0 Å². The van der Waals surface area contributed by atoms with E-state index in [2.05, 4.69) is 4.98 Å². The molecule has 0 unspecified atom stereocenters. The van der Waals surface area contributed by atoms with Gasteiger partial charge in [-0.1, -0.05) is 6.92 Å². The molecule has 0 atom stereocenters. The number of nitrogens with two attached hydrogens (primary N) is 1. The molecule has 0 bridgehead atoms. The molecule has 1 heterocycles. The standard InChI is InChI=1S/C13H15N3O2/c1-3-11-15-4-5-16(11)9-6-8(2)12(14)10(7-9)13(17)18/h4-7H,3,14H2,1-2H3,(H,17,18). The van der Waals surface area contributed by atoms with Gasteiger partial charge in [0.25, 0.3) is 0 Å². The monoisotopic (exact) mass is 245 g/mol. The van der Waals surface area contributed by atoms with Crippen molar-refractivity contribution in [3.8, 4) is 5.69 Å². The van der Waals surface area contributed by atoms with E-state index in [1.165, 1.54) is 0 Å². The van der Waals surface area contributed by atoms with Crippen LogP contribution in [0, 0.1) is 6.92 Å². The van der Waals surface area contributed by atoms with Crippen LogP contribution in [0.1, 0.15) is 28.7 Å². The summed E-state index contributed by atoms with van der Waals surface area (Å²) in [6, 6.07) is 3.44. The smallest absolute Gasteiger partial charge is 0.337 e. The van der Waals surface area contributed by atoms with E-state index in [-0.39, 0.29) is 5.56 Å². The second-order valence-electron chi connectivity index (χ2n) is 4.10. The number of aromatic nitrogens is 2. The number of carboxylic acid groups (broad SMARTS) is 1. The van der Waals surface area contributed by atoms with Gasteiger partial charge in [0.2, 0.25) is 0 Å². The fraction of sp³-hybridized carbons (Fsp3) is 0.231. The molecule has 0 spiro atoms. The number of benzene rings is 1. The van der Waals surface area contributed by atoms with E-state index in [9.17, 15) is 4.79 Å². The van der Waals surface area contributed by atoms with Crippen LogP contribution in [-0.4, -0.2) is 20.6 Å². The van der Waals surface area contributed by atoms with Gasteiger partial charge < -0.3 is 15.4 Å². The second-order valence-corrected chi connectivity index (χ2v) is 4.10. The second kappa shape index (κ2) is 4.52. The normalized spacial score (nSPS) is 10.6. The maximum atomic E-state index is 11.1. The van der Waals surface area contributed by atoms with Crippen molar-refractivity contribution in [3.63, 3.8) is 0 Å². The number of aromatic carboxylic acids is 1. The Labute approximate surface area is 105 Å². The number of imidazole rings is 1. The van der Waals surface area contributed by atoms with Crippen LogP contribution in [0.15, 0.2) is 24.5 Å². The van der Waals surface area contributed by atoms with Crippen LogP contribution < -0.4 is 5.73 Å². The lowest BCUT2D eigenvalue weighted by molar-refractivity contribution is 0.0698. The zero-order valence-electron chi connectivity index (χ0n) is 10.3. The molecule has 3 N–H and O–H groups in total. The van der Waals surface area contributed by atoms with E-state index in [1.54, 1.807) is 19.2 Å². The topological polar surface area (TPSA) is 81.1 Å². The summed E-state index contributed by atoms with van der Waals surface area (Å²) in [7, 11) is 0. The van der Waals surface area contributed by atoms with Gasteiger partial charge in [-0.05, 0) is 24.6 Å². The van der Waals surface area contributed by atoms with Gasteiger partial charge in [-0.15, -0.1) is 0 Å². The predicted octanol–water partition coefficient (Wildman–Crippen LogP) is 2.02. The van der Waals surface area contributed by atoms with Crippen molar-refractivity contribution in [2.75, 3.05) is 5.73 Å². The lowest BCUT2D eigenvalue weighted by Crippen LogP contribution is -2.07. The van der Waals surface area contributed by atoms with E-state index >= 15 is 0 Å². The number of rotatable bonds is 3. The minimum atomic E-state index is -1.02. The van der Waals surface area contributed by atoms with Crippen molar-refractivity contribution in [1.82, 2.24) is 9.55 Å².